The van der Waals surface area contributed by atoms with Gasteiger partial charge in [-0.15, -0.1) is 0 Å². The molecule has 1 saturated carbocycles. The van der Waals surface area contributed by atoms with Crippen molar-refractivity contribution in [3.63, 3.8) is 0 Å². The van der Waals surface area contributed by atoms with Crippen LogP contribution in [0.5, 0.6) is 5.75 Å². The van der Waals surface area contributed by atoms with Gasteiger partial charge in [-0.1, -0.05) is 31.2 Å². The fourth-order valence-electron chi connectivity index (χ4n) is 2.86. The summed E-state index contributed by atoms with van der Waals surface area (Å²) >= 11 is 0. The second kappa shape index (κ2) is 5.49. The van der Waals surface area contributed by atoms with E-state index in [1.54, 1.807) is 6.20 Å². The lowest BCUT2D eigenvalue weighted by Crippen LogP contribution is -2.36. The molecule has 3 heteroatoms. The second-order valence-corrected chi connectivity index (χ2v) is 6.02. The molecule has 1 fully saturated rings. The first kappa shape index (κ1) is 14.1. The summed E-state index contributed by atoms with van der Waals surface area (Å²) in [6.45, 7) is 5.07. The summed E-state index contributed by atoms with van der Waals surface area (Å²) in [6.07, 6.45) is 4.86. The molecule has 2 atom stereocenters. The predicted octanol–water partition coefficient (Wildman–Crippen LogP) is 3.43. The maximum atomic E-state index is 5.97. The molecule has 1 N–H and O–H groups in total. The first-order valence-electron chi connectivity index (χ1n) is 7.47. The number of ether oxygens (including phenoxy) is 1. The van der Waals surface area contributed by atoms with Crippen molar-refractivity contribution < 1.29 is 4.74 Å². The molecule has 1 aliphatic rings. The minimum absolute atomic E-state index is 0.151. The van der Waals surface area contributed by atoms with E-state index < -0.39 is 0 Å². The lowest BCUT2D eigenvalue weighted by molar-refractivity contribution is 0.249. The van der Waals surface area contributed by atoms with E-state index in [1.807, 2.05) is 13.2 Å². The zero-order valence-corrected chi connectivity index (χ0v) is 12.9. The average Bonchev–Trinajstić information content (AvgIpc) is 3.17. The normalized spacial score (nSPS) is 23.9. The van der Waals surface area contributed by atoms with Crippen LogP contribution in [0.3, 0.4) is 0 Å². The number of hydrogen-bond acceptors (Lipinski definition) is 3. The van der Waals surface area contributed by atoms with Gasteiger partial charge in [-0.3, -0.25) is 4.98 Å². The first-order chi connectivity index (χ1) is 10.1. The molecule has 1 heterocycles. The van der Waals surface area contributed by atoms with Crippen molar-refractivity contribution in [2.45, 2.75) is 25.8 Å². The highest BCUT2D eigenvalue weighted by Crippen LogP contribution is 2.42. The van der Waals surface area contributed by atoms with Crippen LogP contribution in [-0.4, -0.2) is 24.2 Å². The molecule has 0 radical (unpaired) electrons. The largest absolute Gasteiger partial charge is 0.490 e. The van der Waals surface area contributed by atoms with Gasteiger partial charge in [0, 0.05) is 11.8 Å². The number of benzene rings is 1. The molecule has 3 nitrogen and oxygen atoms in total. The minimum Gasteiger partial charge on any atom is -0.490 e. The maximum absolute atomic E-state index is 5.97. The van der Waals surface area contributed by atoms with Gasteiger partial charge >= 0.3 is 0 Å². The Bertz CT molecular complexity index is 637. The second-order valence-electron chi connectivity index (χ2n) is 6.02. The van der Waals surface area contributed by atoms with E-state index in [0.717, 1.165) is 11.3 Å². The van der Waals surface area contributed by atoms with Crippen LogP contribution >= 0.6 is 0 Å². The van der Waals surface area contributed by atoms with Crippen molar-refractivity contribution >= 4 is 0 Å². The van der Waals surface area contributed by atoms with Crippen molar-refractivity contribution in [1.29, 1.82) is 0 Å². The number of aryl methyl sites for hydroxylation is 1. The molecule has 21 heavy (non-hydrogen) atoms. The zero-order chi connectivity index (χ0) is 14.9. The van der Waals surface area contributed by atoms with Crippen LogP contribution in [0.2, 0.25) is 0 Å². The number of likely N-dealkylation sites (N-methyl/N-ethyl adjacent to an activating group) is 1. The molecule has 0 bridgehead atoms. The summed E-state index contributed by atoms with van der Waals surface area (Å²) in [6, 6.07) is 10.4. The maximum Gasteiger partial charge on any atom is 0.138 e. The summed E-state index contributed by atoms with van der Waals surface area (Å²) in [5, 5.41) is 3.38. The van der Waals surface area contributed by atoms with E-state index in [2.05, 4.69) is 54.5 Å². The van der Waals surface area contributed by atoms with E-state index in [1.165, 1.54) is 17.5 Å². The topological polar surface area (TPSA) is 34.1 Å². The predicted molar refractivity (Wildman–Crippen MR) is 85.5 cm³/mol. The summed E-state index contributed by atoms with van der Waals surface area (Å²) in [7, 11) is 2.01. The van der Waals surface area contributed by atoms with Crippen LogP contribution in [0.1, 0.15) is 18.9 Å². The summed E-state index contributed by atoms with van der Waals surface area (Å²) < 4.78 is 5.97. The molecule has 0 saturated heterocycles. The quantitative estimate of drug-likeness (QED) is 0.912. The molecule has 0 aliphatic heterocycles. The van der Waals surface area contributed by atoms with Crippen molar-refractivity contribution in [1.82, 2.24) is 10.3 Å². The van der Waals surface area contributed by atoms with E-state index >= 15 is 0 Å². The SMILES string of the molecule is CN[C@@]1(COc2cncc(-c3ccccc3C)c2)C[C@H]1C. The highest BCUT2D eigenvalue weighted by atomic mass is 16.5. The van der Waals surface area contributed by atoms with Crippen LogP contribution < -0.4 is 10.1 Å². The van der Waals surface area contributed by atoms with Gasteiger partial charge in [-0.25, -0.2) is 0 Å². The van der Waals surface area contributed by atoms with Crippen molar-refractivity contribution in [3.05, 3.63) is 48.3 Å². The summed E-state index contributed by atoms with van der Waals surface area (Å²) in [4.78, 5) is 4.32. The van der Waals surface area contributed by atoms with Gasteiger partial charge in [0.15, 0.2) is 0 Å². The molecule has 0 unspecified atom stereocenters. The van der Waals surface area contributed by atoms with Gasteiger partial charge in [0.05, 0.1) is 11.7 Å². The fraction of sp³-hybridized carbons (Fsp3) is 0.389. The van der Waals surface area contributed by atoms with Gasteiger partial charge in [-0.05, 0) is 43.5 Å². The lowest BCUT2D eigenvalue weighted by Gasteiger charge is -2.17. The van der Waals surface area contributed by atoms with Crippen LogP contribution in [0.4, 0.5) is 0 Å². The van der Waals surface area contributed by atoms with E-state index in [4.69, 9.17) is 4.74 Å². The standard InChI is InChI=1S/C18H22N2O/c1-13-6-4-5-7-17(13)15-8-16(11-20-10-15)21-12-18(19-3)9-14(18)2/h4-8,10-11,14,19H,9,12H2,1-3H3/t14-,18-/m1/s1. The Balaban J connectivity index is 1.77. The molecule has 1 aromatic heterocycles. The van der Waals surface area contributed by atoms with Gasteiger partial charge in [-0.2, -0.15) is 0 Å². The monoisotopic (exact) mass is 282 g/mol. The number of pyridine rings is 1. The zero-order valence-electron chi connectivity index (χ0n) is 12.9. The third-order valence-corrected chi connectivity index (χ3v) is 4.62. The van der Waals surface area contributed by atoms with E-state index in [-0.39, 0.29) is 5.54 Å². The molecule has 1 aromatic carbocycles. The summed E-state index contributed by atoms with van der Waals surface area (Å²) in [5.74, 6) is 1.51. The van der Waals surface area contributed by atoms with Gasteiger partial charge in [0.1, 0.15) is 12.4 Å². The minimum atomic E-state index is 0.151. The Morgan fingerprint density at radius 1 is 1.33 bits per heavy atom. The molecule has 2 aromatic rings. The molecule has 110 valence electrons. The Morgan fingerprint density at radius 2 is 2.10 bits per heavy atom. The van der Waals surface area contributed by atoms with Crippen LogP contribution in [-0.2, 0) is 0 Å². The molecule has 0 spiro atoms. The van der Waals surface area contributed by atoms with Crippen molar-refractivity contribution in [3.8, 4) is 16.9 Å². The van der Waals surface area contributed by atoms with E-state index in [0.29, 0.717) is 12.5 Å². The molecule has 3 rings (SSSR count). The number of nitrogens with one attached hydrogen (secondary N) is 1. The van der Waals surface area contributed by atoms with Gasteiger partial charge in [0.2, 0.25) is 0 Å². The highest BCUT2D eigenvalue weighted by molar-refractivity contribution is 5.67. The number of hydrogen-bond donors (Lipinski definition) is 1. The fourth-order valence-corrected chi connectivity index (χ4v) is 2.86. The highest BCUT2D eigenvalue weighted by Gasteiger charge is 2.50. The molecular weight excluding hydrogens is 260 g/mol. The Kier molecular flexibility index (Phi) is 3.68. The van der Waals surface area contributed by atoms with Gasteiger partial charge < -0.3 is 10.1 Å². The van der Waals surface area contributed by atoms with Gasteiger partial charge in [0.25, 0.3) is 0 Å². The van der Waals surface area contributed by atoms with Crippen LogP contribution in [0.15, 0.2) is 42.7 Å². The molecule has 0 amide bonds. The van der Waals surface area contributed by atoms with Crippen LogP contribution in [0.25, 0.3) is 11.1 Å². The smallest absolute Gasteiger partial charge is 0.138 e. The Labute approximate surface area is 126 Å². The number of aromatic nitrogens is 1. The first-order valence-corrected chi connectivity index (χ1v) is 7.47. The Morgan fingerprint density at radius 3 is 2.76 bits per heavy atom. The van der Waals surface area contributed by atoms with Crippen molar-refractivity contribution in [2.24, 2.45) is 5.92 Å². The van der Waals surface area contributed by atoms with E-state index in [9.17, 15) is 0 Å². The number of nitrogens with zero attached hydrogens (tertiary/aromatic N) is 1. The number of rotatable bonds is 5. The third kappa shape index (κ3) is 2.79. The molecular formula is C18H22N2O. The average molecular weight is 282 g/mol. The third-order valence-electron chi connectivity index (χ3n) is 4.62. The lowest BCUT2D eigenvalue weighted by atomic mass is 10.0. The molecule has 1 aliphatic carbocycles. The Hall–Kier alpha value is -1.87. The summed E-state index contributed by atoms with van der Waals surface area (Å²) in [5.41, 5.74) is 3.71. The van der Waals surface area contributed by atoms with Crippen LogP contribution in [0, 0.1) is 12.8 Å². The van der Waals surface area contributed by atoms with Crippen molar-refractivity contribution in [2.75, 3.05) is 13.7 Å².